The van der Waals surface area contributed by atoms with E-state index in [2.05, 4.69) is 36.6 Å². The van der Waals surface area contributed by atoms with E-state index in [1.165, 1.54) is 72.2 Å². The summed E-state index contributed by atoms with van der Waals surface area (Å²) >= 11 is 4.32. The Hall–Kier alpha value is -9.73. The lowest BCUT2D eigenvalue weighted by molar-refractivity contribution is -0.150. The van der Waals surface area contributed by atoms with E-state index in [0.29, 0.717) is 25.3 Å². The fourth-order valence-electron chi connectivity index (χ4n) is 16.5. The number of thiazole rings is 2. The third kappa shape index (κ3) is 29.6. The molecule has 8 rings (SSSR count). The molecule has 1 saturated carbocycles. The summed E-state index contributed by atoms with van der Waals surface area (Å²) < 4.78 is 28.8. The number of nitrogens with zero attached hydrogens (tertiary/aromatic N) is 7. The zero-order valence-electron chi connectivity index (χ0n) is 80.2. The summed E-state index contributed by atoms with van der Waals surface area (Å²) in [5.41, 5.74) is -1.37. The van der Waals surface area contributed by atoms with Gasteiger partial charge in [0.2, 0.25) is 41.4 Å². The lowest BCUT2D eigenvalue weighted by Crippen LogP contribution is -2.59. The number of carboxylic acid groups (broad SMARTS) is 2. The van der Waals surface area contributed by atoms with Gasteiger partial charge in [-0.2, -0.15) is 0 Å². The smallest absolute Gasteiger partial charge is 0.338 e. The first-order valence-electron chi connectivity index (χ1n) is 45.9. The van der Waals surface area contributed by atoms with E-state index in [4.69, 9.17) is 23.7 Å². The van der Waals surface area contributed by atoms with Gasteiger partial charge in [-0.05, 0) is 116 Å². The number of nitrogens with one attached hydrogen (secondary N) is 5. The second-order valence-corrected chi connectivity index (χ2v) is 40.8. The van der Waals surface area contributed by atoms with Crippen LogP contribution in [0.1, 0.15) is 236 Å². The molecule has 3 fully saturated rings. The molecule has 5 heterocycles. The lowest BCUT2D eigenvalue weighted by Gasteiger charge is -2.38. The average molecular weight is 1930 g/mol. The molecule has 2 aromatic carbocycles. The predicted octanol–water partition coefficient (Wildman–Crippen LogP) is 9.99. The van der Waals surface area contributed by atoms with E-state index in [9.17, 15) is 72.5 Å². The Balaban J connectivity index is 0.890. The van der Waals surface area contributed by atoms with Gasteiger partial charge in [-0.15, -0.1) is 46.2 Å². The number of carboxylic acids is 2. The molecule has 7 N–H and O–H groups in total. The normalized spacial score (nSPS) is 19.7. The Morgan fingerprint density at radius 3 is 1.26 bits per heavy atom. The Morgan fingerprint density at radius 1 is 0.541 bits per heavy atom. The molecule has 133 heavy (non-hydrogen) atoms. The van der Waals surface area contributed by atoms with Crippen LogP contribution in [-0.2, 0) is 98.9 Å². The first-order valence-corrected chi connectivity index (χ1v) is 49.6. The molecule has 4 aliphatic rings. The van der Waals surface area contributed by atoms with Crippen LogP contribution in [0.2, 0.25) is 0 Å². The molecule has 16 atom stereocenters. The van der Waals surface area contributed by atoms with E-state index < -0.39 is 191 Å². The Bertz CT molecular complexity index is 4510. The van der Waals surface area contributed by atoms with Gasteiger partial charge >= 0.3 is 23.9 Å². The van der Waals surface area contributed by atoms with Crippen LogP contribution in [0, 0.1) is 41.4 Å². The van der Waals surface area contributed by atoms with Gasteiger partial charge in [0.15, 0.2) is 23.4 Å². The Labute approximate surface area is 796 Å². The zero-order valence-corrected chi connectivity index (χ0v) is 83.4. The number of esters is 2. The van der Waals surface area contributed by atoms with Gasteiger partial charge in [0.1, 0.15) is 57.8 Å². The largest absolute Gasteiger partial charge is 0.479 e. The molecule has 4 aromatic rings. The summed E-state index contributed by atoms with van der Waals surface area (Å²) in [6.45, 7) is 27.9. The maximum atomic E-state index is 15.0. The molecule has 1 aliphatic carbocycles. The molecule has 2 aromatic heterocycles. The second-order valence-electron chi connectivity index (χ2n) is 36.8. The summed E-state index contributed by atoms with van der Waals surface area (Å²) in [7, 11) is 6.23. The van der Waals surface area contributed by atoms with E-state index in [1.54, 1.807) is 41.8 Å². The van der Waals surface area contributed by atoms with Crippen molar-refractivity contribution in [2.24, 2.45) is 41.4 Å². The van der Waals surface area contributed by atoms with Crippen molar-refractivity contribution >= 4 is 135 Å². The van der Waals surface area contributed by atoms with Gasteiger partial charge in [0.05, 0.1) is 41.7 Å². The number of rotatable bonds is 56. The van der Waals surface area contributed by atoms with Gasteiger partial charge in [0.25, 0.3) is 23.6 Å². The first kappa shape index (κ1) is 109. The number of carbonyl (C=O) groups is 15. The molecular formula is C95H136N12O22S4. The molecule has 4 unspecified atom stereocenters. The Kier molecular flexibility index (Phi) is 40.6. The summed E-state index contributed by atoms with van der Waals surface area (Å²) in [5.74, 6) is -10.6. The maximum absolute atomic E-state index is 15.0. The molecule has 0 spiro atoms. The number of imide groups is 1. The summed E-state index contributed by atoms with van der Waals surface area (Å²) in [6.07, 6.45) is 0.176. The van der Waals surface area contributed by atoms with Crippen LogP contribution in [0.15, 0.2) is 81.2 Å². The molecule has 0 radical (unpaired) electrons. The van der Waals surface area contributed by atoms with Crippen molar-refractivity contribution < 1.29 is 106 Å². The monoisotopic (exact) mass is 1920 g/mol. The first-order chi connectivity index (χ1) is 62.8. The van der Waals surface area contributed by atoms with E-state index in [-0.39, 0.29) is 138 Å². The van der Waals surface area contributed by atoms with E-state index in [0.717, 1.165) is 75.1 Å². The highest BCUT2D eigenvalue weighted by Gasteiger charge is 2.64. The lowest BCUT2D eigenvalue weighted by atomic mass is 9.92. The standard InChI is InChI=1S/C95H136N12O22S4/c1-21-56(11)74(88(117)103(17)67(52(3)4)47-69(126-58(13)108)86-99-65(50-132-86)82(113)97-63(45-60-31-25-23-26-32-60)80-94(15,128-80)92(121)122)101-84(115)76(54(7)8)105(19)72(111)35-29-43-130-78-79(91(120)107(90(78)119)40-42-125-41-39-71(110)96-49-62-37-38-62)131-44-30-36-73(112)106(20)77(55(9)10)85(116)102-75(57(12)22-2)89(118)104(18)68(53(5)6)48-70(127-59(14)109)87-100-66(51-133-87)83(114)98-64(46-61-33-27-24-28-34-61)81-95(16,129-81)93(123)124/h23-28,31-34,50-57,62-64,67-70,74-77,80-81H,21-22,29-30,35-49H2,1-20H3,(H,96,110)(H,97,113)(H,98,114)(H,101,115)(H,102,116)(H,121,122)(H,123,124)/t56-,57-,63-,64-,67+,68+,69+,70+,74-,75-,76+,77+,80?,81?,94?,95?/m0/s1. The fourth-order valence-corrected chi connectivity index (χ4v) is 20.4. The van der Waals surface area contributed by atoms with Gasteiger partial charge < -0.3 is 80.1 Å². The van der Waals surface area contributed by atoms with Crippen LogP contribution < -0.4 is 26.6 Å². The van der Waals surface area contributed by atoms with Crippen molar-refractivity contribution in [3.05, 3.63) is 114 Å². The third-order valence-corrected chi connectivity index (χ3v) is 29.5. The minimum Gasteiger partial charge on any atom is -0.479 e. The number of aromatic nitrogens is 2. The molecule has 38 heteroatoms. The zero-order chi connectivity index (χ0) is 98.4. The number of thioether (sulfide) groups is 2. The molecule has 11 amide bonds. The van der Waals surface area contributed by atoms with E-state index >= 15 is 9.59 Å². The number of carbonyl (C=O) groups excluding carboxylic acids is 13. The SMILES string of the molecule is CC[C@H](C)[C@H](NC(=O)[C@@H](C(C)C)N(C)C(=O)CCCSC1=C(SCCCC(=O)N(C)[C@@H](C(=O)N[C@H](C(=O)N(C)[C@H](C[C@@H](OC(C)=O)c2nc(C(=O)N[C@@H](Cc3ccccc3)C3OC3(C)C(=O)O)cs2)C(C)C)[C@@H](C)CC)C(C)C)C(=O)N(CCOCCC(=O)NCC2CC2)C1=O)C(=O)N(C)[C@H](C[C@@H](OC(C)=O)c1nc(C(=O)N[C@@H](Cc2ccccc2)C2OC2(C)C(=O)O)cs1)C(C)C. The second kappa shape index (κ2) is 49.7. The van der Waals surface area contributed by atoms with Gasteiger partial charge in [-0.1, -0.05) is 157 Å². The Morgan fingerprint density at radius 2 is 0.925 bits per heavy atom. The third-order valence-electron chi connectivity index (χ3n) is 25.2. The van der Waals surface area contributed by atoms with Gasteiger partial charge in [0, 0.05) is 104 Å². The van der Waals surface area contributed by atoms with Crippen molar-refractivity contribution in [3.63, 3.8) is 0 Å². The van der Waals surface area contributed by atoms with E-state index in [1.807, 2.05) is 116 Å². The van der Waals surface area contributed by atoms with Crippen LogP contribution in [0.3, 0.4) is 0 Å². The number of hydrogen-bond donors (Lipinski definition) is 7. The van der Waals surface area contributed by atoms with Crippen molar-refractivity contribution in [1.82, 2.24) is 61.1 Å². The molecule has 2 saturated heterocycles. The van der Waals surface area contributed by atoms with Crippen LogP contribution in [-0.4, -0.2) is 271 Å². The van der Waals surface area contributed by atoms with Crippen LogP contribution in [0.25, 0.3) is 0 Å². The molecule has 0 bridgehead atoms. The minimum atomic E-state index is -1.51. The topological polar surface area (TPSA) is 451 Å². The molecule has 34 nitrogen and oxygen atoms in total. The van der Waals surface area contributed by atoms with Crippen molar-refractivity contribution in [1.29, 1.82) is 0 Å². The highest BCUT2D eigenvalue weighted by Crippen LogP contribution is 2.43. The number of epoxide rings is 2. The van der Waals surface area contributed by atoms with Gasteiger partial charge in [-0.25, -0.2) is 19.6 Å². The van der Waals surface area contributed by atoms with Crippen LogP contribution in [0.4, 0.5) is 0 Å². The predicted molar refractivity (Wildman–Crippen MR) is 504 cm³/mol. The van der Waals surface area contributed by atoms with Crippen molar-refractivity contribution in [2.75, 3.05) is 66.0 Å². The number of ether oxygens (including phenoxy) is 5. The summed E-state index contributed by atoms with van der Waals surface area (Å²) in [4.78, 5) is 224. The number of amides is 11. The highest BCUT2D eigenvalue weighted by molar-refractivity contribution is 8.08. The summed E-state index contributed by atoms with van der Waals surface area (Å²) in [6, 6.07) is 11.4. The fraction of sp³-hybridized carbons (Fsp3) is 0.632. The molecular weight excluding hydrogens is 1790 g/mol. The molecule has 732 valence electrons. The average Bonchev–Trinajstić information content (AvgIpc) is 1.59. The summed E-state index contributed by atoms with van der Waals surface area (Å²) in [5, 5.41) is 38.2. The maximum Gasteiger partial charge on any atom is 0.338 e. The molecule has 3 aliphatic heterocycles. The number of benzene rings is 2. The number of likely N-dealkylation sites (N-methyl/N-ethyl adjacent to an activating group) is 4. The van der Waals surface area contributed by atoms with Crippen molar-refractivity contribution in [3.8, 4) is 0 Å². The highest BCUT2D eigenvalue weighted by atomic mass is 32.2. The van der Waals surface area contributed by atoms with Gasteiger partial charge in [-0.3, -0.25) is 67.2 Å². The minimum absolute atomic E-state index is 0.00859. The quantitative estimate of drug-likeness (QED) is 0.00935. The van der Waals surface area contributed by atoms with Crippen molar-refractivity contribution in [2.45, 2.75) is 278 Å². The van der Waals surface area contributed by atoms with Crippen LogP contribution >= 0.6 is 46.2 Å². The van der Waals surface area contributed by atoms with Crippen LogP contribution in [0.5, 0.6) is 0 Å². The number of hydrogen-bond acceptors (Lipinski definition) is 26. The number of aliphatic carboxylic acids is 2.